The number of thioether (sulfide) groups is 1. The molecule has 1 fully saturated rings. The second-order valence-corrected chi connectivity index (χ2v) is 10.1. The molecule has 1 saturated heterocycles. The second kappa shape index (κ2) is 9.86. The molecule has 2 amide bonds. The van der Waals surface area contributed by atoms with Crippen LogP contribution in [0.2, 0.25) is 0 Å². The van der Waals surface area contributed by atoms with Gasteiger partial charge in [-0.05, 0) is 47.2 Å². The fraction of sp³-hybridized carbons (Fsp3) is 0.440. The van der Waals surface area contributed by atoms with Crippen molar-refractivity contribution >= 4 is 23.6 Å². The summed E-state index contributed by atoms with van der Waals surface area (Å²) in [5, 5.41) is 2.54. The maximum Gasteiger partial charge on any atom is 0.255 e. The molecule has 0 aliphatic carbocycles. The summed E-state index contributed by atoms with van der Waals surface area (Å²) in [6, 6.07) is 13.2. The Bertz CT molecular complexity index is 924. The molecule has 0 saturated carbocycles. The van der Waals surface area contributed by atoms with Gasteiger partial charge in [-0.2, -0.15) is 0 Å². The Kier molecular flexibility index (Phi) is 7.42. The zero-order chi connectivity index (χ0) is 22.6. The van der Waals surface area contributed by atoms with E-state index in [9.17, 15) is 14.0 Å². The van der Waals surface area contributed by atoms with Crippen LogP contribution in [0.1, 0.15) is 67.4 Å². The number of carbonyl (C=O) groups excluding carboxylic acids is 2. The molecule has 1 heterocycles. The summed E-state index contributed by atoms with van der Waals surface area (Å²) in [5.74, 6) is -0.240. The number of rotatable bonds is 6. The highest BCUT2D eigenvalue weighted by Crippen LogP contribution is 2.42. The molecular weight excluding hydrogens is 411 g/mol. The van der Waals surface area contributed by atoms with E-state index >= 15 is 0 Å². The molecule has 1 aliphatic heterocycles. The minimum atomic E-state index is -0.593. The normalized spacial score (nSPS) is 18.8. The zero-order valence-corrected chi connectivity index (χ0v) is 19.5. The Hall–Kier alpha value is -2.34. The number of hydrogen-bond donors (Lipinski definition) is 1. The lowest BCUT2D eigenvalue weighted by atomic mass is 9.86. The number of hydrogen-bond acceptors (Lipinski definition) is 3. The number of nitrogens with zero attached hydrogens (tertiary/aromatic N) is 1. The molecule has 1 N–H and O–H groups in total. The van der Waals surface area contributed by atoms with Gasteiger partial charge in [0.2, 0.25) is 5.91 Å². The van der Waals surface area contributed by atoms with Crippen LogP contribution in [-0.2, 0) is 10.2 Å². The third kappa shape index (κ3) is 5.48. The third-order valence-corrected chi connectivity index (χ3v) is 6.82. The SMILES string of the molecule is CCCCNC(=O)C1CSC(c2cccc(F)c2)N1C(=O)c1ccc(C(C)(C)C)cc1. The molecule has 0 bridgehead atoms. The Morgan fingerprint density at radius 2 is 1.87 bits per heavy atom. The van der Waals surface area contributed by atoms with Gasteiger partial charge < -0.3 is 10.2 Å². The highest BCUT2D eigenvalue weighted by atomic mass is 32.2. The summed E-state index contributed by atoms with van der Waals surface area (Å²) < 4.78 is 13.9. The first-order valence-corrected chi connectivity index (χ1v) is 11.8. The molecule has 4 nitrogen and oxygen atoms in total. The van der Waals surface area contributed by atoms with Gasteiger partial charge in [0.15, 0.2) is 0 Å². The van der Waals surface area contributed by atoms with Gasteiger partial charge in [-0.1, -0.05) is 58.4 Å². The number of carbonyl (C=O) groups is 2. The smallest absolute Gasteiger partial charge is 0.255 e. The van der Waals surface area contributed by atoms with E-state index in [1.807, 2.05) is 24.3 Å². The molecule has 166 valence electrons. The first-order valence-electron chi connectivity index (χ1n) is 10.8. The molecule has 2 aromatic rings. The molecule has 0 spiro atoms. The average molecular weight is 443 g/mol. The predicted molar refractivity (Wildman–Crippen MR) is 125 cm³/mol. The van der Waals surface area contributed by atoms with E-state index in [2.05, 4.69) is 33.0 Å². The molecule has 0 radical (unpaired) electrons. The number of halogens is 1. The van der Waals surface area contributed by atoms with E-state index < -0.39 is 11.4 Å². The topological polar surface area (TPSA) is 49.4 Å². The quantitative estimate of drug-likeness (QED) is 0.618. The van der Waals surface area contributed by atoms with Gasteiger partial charge >= 0.3 is 0 Å². The van der Waals surface area contributed by atoms with Gasteiger partial charge in [0.25, 0.3) is 5.91 Å². The van der Waals surface area contributed by atoms with E-state index in [1.165, 1.54) is 23.9 Å². The van der Waals surface area contributed by atoms with Crippen molar-refractivity contribution < 1.29 is 14.0 Å². The van der Waals surface area contributed by atoms with Crippen molar-refractivity contribution in [3.8, 4) is 0 Å². The lowest BCUT2D eigenvalue weighted by Gasteiger charge is -2.29. The molecule has 2 aromatic carbocycles. The summed E-state index contributed by atoms with van der Waals surface area (Å²) in [4.78, 5) is 28.1. The third-order valence-electron chi connectivity index (χ3n) is 5.50. The fourth-order valence-corrected chi connectivity index (χ4v) is 5.06. The van der Waals surface area contributed by atoms with Crippen molar-refractivity contribution in [1.82, 2.24) is 10.2 Å². The minimum absolute atomic E-state index is 0.0170. The van der Waals surface area contributed by atoms with E-state index in [4.69, 9.17) is 0 Å². The summed E-state index contributed by atoms with van der Waals surface area (Å²) in [7, 11) is 0. The van der Waals surface area contributed by atoms with Gasteiger partial charge in [-0.25, -0.2) is 4.39 Å². The molecule has 1 aliphatic rings. The second-order valence-electron chi connectivity index (χ2n) is 8.94. The molecule has 31 heavy (non-hydrogen) atoms. The number of unbranched alkanes of at least 4 members (excludes halogenated alkanes) is 1. The van der Waals surface area contributed by atoms with E-state index in [1.54, 1.807) is 17.0 Å². The van der Waals surface area contributed by atoms with Crippen molar-refractivity contribution in [2.75, 3.05) is 12.3 Å². The van der Waals surface area contributed by atoms with Gasteiger partial charge in [0, 0.05) is 17.9 Å². The molecular formula is C25H31FN2O2S. The van der Waals surface area contributed by atoms with Gasteiger partial charge in [0.1, 0.15) is 17.2 Å². The van der Waals surface area contributed by atoms with Gasteiger partial charge in [0.05, 0.1) is 0 Å². The van der Waals surface area contributed by atoms with Gasteiger partial charge in [-0.3, -0.25) is 9.59 Å². The van der Waals surface area contributed by atoms with Crippen molar-refractivity contribution in [1.29, 1.82) is 0 Å². The monoisotopic (exact) mass is 442 g/mol. The Balaban J connectivity index is 1.91. The van der Waals surface area contributed by atoms with E-state index in [0.717, 1.165) is 18.4 Å². The molecule has 0 aromatic heterocycles. The maximum atomic E-state index is 13.9. The van der Waals surface area contributed by atoms with Crippen LogP contribution in [0.15, 0.2) is 48.5 Å². The van der Waals surface area contributed by atoms with Crippen LogP contribution in [-0.4, -0.2) is 35.1 Å². The number of benzene rings is 2. The summed E-state index contributed by atoms with van der Waals surface area (Å²) in [6.45, 7) is 9.02. The van der Waals surface area contributed by atoms with Crippen LogP contribution < -0.4 is 5.32 Å². The first-order chi connectivity index (χ1) is 14.7. The van der Waals surface area contributed by atoms with Crippen LogP contribution in [0, 0.1) is 5.82 Å². The maximum absolute atomic E-state index is 13.9. The minimum Gasteiger partial charge on any atom is -0.354 e. The van der Waals surface area contributed by atoms with Gasteiger partial charge in [-0.15, -0.1) is 11.8 Å². The average Bonchev–Trinajstić information content (AvgIpc) is 3.18. The van der Waals surface area contributed by atoms with Crippen molar-refractivity contribution in [2.24, 2.45) is 0 Å². The first kappa shape index (κ1) is 23.3. The lowest BCUT2D eigenvalue weighted by Crippen LogP contribution is -2.48. The molecule has 3 rings (SSSR count). The number of amides is 2. The van der Waals surface area contributed by atoms with Crippen LogP contribution in [0.25, 0.3) is 0 Å². The van der Waals surface area contributed by atoms with Crippen LogP contribution in [0.4, 0.5) is 4.39 Å². The Morgan fingerprint density at radius 3 is 2.48 bits per heavy atom. The van der Waals surface area contributed by atoms with E-state index in [-0.39, 0.29) is 23.0 Å². The summed E-state index contributed by atoms with van der Waals surface area (Å²) in [5.41, 5.74) is 2.34. The highest BCUT2D eigenvalue weighted by Gasteiger charge is 2.42. The van der Waals surface area contributed by atoms with Crippen LogP contribution >= 0.6 is 11.8 Å². The van der Waals surface area contributed by atoms with Crippen molar-refractivity contribution in [3.05, 3.63) is 71.0 Å². The Morgan fingerprint density at radius 1 is 1.16 bits per heavy atom. The lowest BCUT2D eigenvalue weighted by molar-refractivity contribution is -0.124. The number of nitrogens with one attached hydrogen (secondary N) is 1. The Labute approximate surface area is 188 Å². The van der Waals surface area contributed by atoms with Crippen molar-refractivity contribution in [2.45, 2.75) is 57.4 Å². The fourth-order valence-electron chi connectivity index (χ4n) is 3.64. The standard InChI is InChI=1S/C25H31FN2O2S/c1-5-6-14-27-22(29)21-16-31-24(18-8-7-9-20(26)15-18)28(21)23(30)17-10-12-19(13-11-17)25(2,3)4/h7-13,15,21,24H,5-6,14,16H2,1-4H3,(H,27,29). The molecule has 2 unspecified atom stereocenters. The summed E-state index contributed by atoms with van der Waals surface area (Å²) in [6.07, 6.45) is 1.87. The predicted octanol–water partition coefficient (Wildman–Crippen LogP) is 5.30. The molecule has 2 atom stereocenters. The van der Waals surface area contributed by atoms with E-state index in [0.29, 0.717) is 23.4 Å². The molecule has 6 heteroatoms. The van der Waals surface area contributed by atoms with Crippen LogP contribution in [0.3, 0.4) is 0 Å². The largest absolute Gasteiger partial charge is 0.354 e. The summed E-state index contributed by atoms with van der Waals surface area (Å²) >= 11 is 1.50. The van der Waals surface area contributed by atoms with Crippen LogP contribution in [0.5, 0.6) is 0 Å². The highest BCUT2D eigenvalue weighted by molar-refractivity contribution is 7.99. The zero-order valence-electron chi connectivity index (χ0n) is 18.7. The van der Waals surface area contributed by atoms with Crippen molar-refractivity contribution in [3.63, 3.8) is 0 Å².